The number of hydrogen-bond donors (Lipinski definition) is 2. The Balaban J connectivity index is 1.75. The number of hydrogen-bond acceptors (Lipinski definition) is 3. The largest absolute Gasteiger partial charge is 0.326 e. The van der Waals surface area contributed by atoms with Gasteiger partial charge in [0.1, 0.15) is 0 Å². The number of anilines is 2. The minimum Gasteiger partial charge on any atom is -0.326 e. The Hall–Kier alpha value is -2.14. The predicted octanol–water partition coefficient (Wildman–Crippen LogP) is 3.84. The Kier molecular flexibility index (Phi) is 3.75. The molecule has 1 aliphatic rings. The van der Waals surface area contributed by atoms with E-state index in [9.17, 15) is 9.59 Å². The van der Waals surface area contributed by atoms with Crippen LogP contribution >= 0.6 is 11.3 Å². The van der Waals surface area contributed by atoms with E-state index in [1.54, 1.807) is 18.2 Å². The highest BCUT2D eigenvalue weighted by molar-refractivity contribution is 7.12. The van der Waals surface area contributed by atoms with Gasteiger partial charge in [-0.2, -0.15) is 0 Å². The molecule has 0 saturated heterocycles. The molecule has 0 unspecified atom stereocenters. The molecule has 0 atom stereocenters. The molecule has 21 heavy (non-hydrogen) atoms. The fraction of sp³-hybridized carbons (Fsp3) is 0.250. The number of benzene rings is 1. The minimum absolute atomic E-state index is 0.0770. The van der Waals surface area contributed by atoms with Gasteiger partial charge in [0.2, 0.25) is 5.91 Å². The minimum atomic E-state index is -0.132. The molecular formula is C16H16N2O2S. The van der Waals surface area contributed by atoms with Gasteiger partial charge in [0, 0.05) is 18.3 Å². The standard InChI is InChI=1S/C16H16N2O2S/c1-10(19)17-12-3-2-4-13(9-12)18-16(20)15-14(7-8-21-15)11-5-6-11/h2-4,7-9,11H,5-6H2,1H3,(H,17,19)(H,18,20). The van der Waals surface area contributed by atoms with E-state index in [0.717, 1.165) is 10.4 Å². The lowest BCUT2D eigenvalue weighted by molar-refractivity contribution is -0.114. The second kappa shape index (κ2) is 5.69. The van der Waals surface area contributed by atoms with Crippen molar-refractivity contribution >= 4 is 34.5 Å². The van der Waals surface area contributed by atoms with Crippen LogP contribution in [0.5, 0.6) is 0 Å². The summed E-state index contributed by atoms with van der Waals surface area (Å²) < 4.78 is 0. The average Bonchev–Trinajstić information content (AvgIpc) is 3.15. The molecule has 0 bridgehead atoms. The quantitative estimate of drug-likeness (QED) is 0.901. The van der Waals surface area contributed by atoms with Crippen LogP contribution in [0, 0.1) is 0 Å². The molecule has 1 fully saturated rings. The summed E-state index contributed by atoms with van der Waals surface area (Å²) in [5.41, 5.74) is 2.52. The summed E-state index contributed by atoms with van der Waals surface area (Å²) in [6.45, 7) is 1.46. The van der Waals surface area contributed by atoms with Crippen LogP contribution in [0.1, 0.15) is 40.9 Å². The van der Waals surface area contributed by atoms with Gasteiger partial charge >= 0.3 is 0 Å². The molecule has 4 nitrogen and oxygen atoms in total. The predicted molar refractivity (Wildman–Crippen MR) is 85.0 cm³/mol. The fourth-order valence-electron chi connectivity index (χ4n) is 2.29. The third-order valence-corrected chi connectivity index (χ3v) is 4.29. The van der Waals surface area contributed by atoms with Crippen LogP contribution in [0.15, 0.2) is 35.7 Å². The van der Waals surface area contributed by atoms with E-state index in [0.29, 0.717) is 17.3 Å². The number of thiophene rings is 1. The van der Waals surface area contributed by atoms with Gasteiger partial charge in [0.25, 0.3) is 5.91 Å². The first-order valence-corrected chi connectivity index (χ1v) is 7.78. The van der Waals surface area contributed by atoms with Crippen molar-refractivity contribution in [1.82, 2.24) is 0 Å². The van der Waals surface area contributed by atoms with Gasteiger partial charge in [-0.25, -0.2) is 0 Å². The van der Waals surface area contributed by atoms with Crippen LogP contribution in [0.3, 0.4) is 0 Å². The lowest BCUT2D eigenvalue weighted by Crippen LogP contribution is -2.12. The molecule has 2 N–H and O–H groups in total. The molecule has 1 aromatic heterocycles. The monoisotopic (exact) mass is 300 g/mol. The first-order valence-electron chi connectivity index (χ1n) is 6.90. The summed E-state index contributed by atoms with van der Waals surface area (Å²) in [6, 6.07) is 9.21. The normalized spacial score (nSPS) is 13.8. The number of rotatable bonds is 4. The van der Waals surface area contributed by atoms with E-state index in [2.05, 4.69) is 10.6 Å². The van der Waals surface area contributed by atoms with Crippen molar-refractivity contribution < 1.29 is 9.59 Å². The van der Waals surface area contributed by atoms with Gasteiger partial charge < -0.3 is 10.6 Å². The highest BCUT2D eigenvalue weighted by atomic mass is 32.1. The third kappa shape index (κ3) is 3.31. The van der Waals surface area contributed by atoms with Gasteiger partial charge in [0.05, 0.1) is 4.88 Å². The van der Waals surface area contributed by atoms with E-state index in [4.69, 9.17) is 0 Å². The van der Waals surface area contributed by atoms with E-state index >= 15 is 0 Å². The Morgan fingerprint density at radius 3 is 2.52 bits per heavy atom. The molecule has 5 heteroatoms. The molecule has 2 aromatic rings. The van der Waals surface area contributed by atoms with E-state index in [-0.39, 0.29) is 11.8 Å². The second-order valence-corrected chi connectivity index (χ2v) is 6.11. The molecule has 1 aromatic carbocycles. The van der Waals surface area contributed by atoms with Gasteiger partial charge in [-0.1, -0.05) is 6.07 Å². The highest BCUT2D eigenvalue weighted by Gasteiger charge is 2.28. The summed E-state index contributed by atoms with van der Waals surface area (Å²) in [5, 5.41) is 7.57. The smallest absolute Gasteiger partial charge is 0.266 e. The molecular weight excluding hydrogens is 284 g/mol. The summed E-state index contributed by atoms with van der Waals surface area (Å²) in [7, 11) is 0. The maximum Gasteiger partial charge on any atom is 0.266 e. The average molecular weight is 300 g/mol. The van der Waals surface area contributed by atoms with Crippen molar-refractivity contribution in [3.05, 3.63) is 46.2 Å². The Morgan fingerprint density at radius 1 is 1.14 bits per heavy atom. The first-order chi connectivity index (χ1) is 10.1. The fourth-order valence-corrected chi connectivity index (χ4v) is 3.16. The van der Waals surface area contributed by atoms with E-state index in [1.807, 2.05) is 17.5 Å². The number of carbonyl (C=O) groups is 2. The second-order valence-electron chi connectivity index (χ2n) is 5.20. The van der Waals surface area contributed by atoms with Crippen molar-refractivity contribution in [3.8, 4) is 0 Å². The van der Waals surface area contributed by atoms with Crippen LogP contribution in [-0.4, -0.2) is 11.8 Å². The lowest BCUT2D eigenvalue weighted by atomic mass is 10.1. The van der Waals surface area contributed by atoms with Crippen molar-refractivity contribution in [3.63, 3.8) is 0 Å². The maximum absolute atomic E-state index is 12.4. The molecule has 0 radical (unpaired) electrons. The van der Waals surface area contributed by atoms with Crippen LogP contribution in [0.4, 0.5) is 11.4 Å². The number of amides is 2. The number of carbonyl (C=O) groups excluding carboxylic acids is 2. The van der Waals surface area contributed by atoms with Gasteiger partial charge in [-0.05, 0) is 54.0 Å². The highest BCUT2D eigenvalue weighted by Crippen LogP contribution is 2.43. The molecule has 2 amide bonds. The Bertz CT molecular complexity index is 689. The van der Waals surface area contributed by atoms with Gasteiger partial charge in [-0.15, -0.1) is 11.3 Å². The summed E-state index contributed by atoms with van der Waals surface area (Å²) >= 11 is 1.48. The maximum atomic E-state index is 12.4. The zero-order valence-corrected chi connectivity index (χ0v) is 12.5. The summed E-state index contributed by atoms with van der Waals surface area (Å²) in [4.78, 5) is 24.2. The Labute approximate surface area is 127 Å². The third-order valence-electron chi connectivity index (χ3n) is 3.36. The topological polar surface area (TPSA) is 58.2 Å². The molecule has 1 heterocycles. The van der Waals surface area contributed by atoms with E-state index in [1.165, 1.54) is 31.1 Å². The molecule has 0 spiro atoms. The van der Waals surface area contributed by atoms with E-state index < -0.39 is 0 Å². The first kappa shape index (κ1) is 13.8. The Morgan fingerprint density at radius 2 is 1.86 bits per heavy atom. The summed E-state index contributed by atoms with van der Waals surface area (Å²) in [6.07, 6.45) is 2.35. The van der Waals surface area contributed by atoms with Crippen LogP contribution < -0.4 is 10.6 Å². The van der Waals surface area contributed by atoms with Crippen LogP contribution in [0.2, 0.25) is 0 Å². The van der Waals surface area contributed by atoms with Crippen molar-refractivity contribution in [2.75, 3.05) is 10.6 Å². The van der Waals surface area contributed by atoms with Crippen molar-refractivity contribution in [2.45, 2.75) is 25.7 Å². The number of nitrogens with one attached hydrogen (secondary N) is 2. The van der Waals surface area contributed by atoms with Crippen molar-refractivity contribution in [2.24, 2.45) is 0 Å². The van der Waals surface area contributed by atoms with Crippen LogP contribution in [0.25, 0.3) is 0 Å². The zero-order valence-electron chi connectivity index (χ0n) is 11.7. The molecule has 0 aliphatic heterocycles. The lowest BCUT2D eigenvalue weighted by Gasteiger charge is -2.08. The molecule has 1 saturated carbocycles. The molecule has 108 valence electrons. The van der Waals surface area contributed by atoms with Crippen molar-refractivity contribution in [1.29, 1.82) is 0 Å². The van der Waals surface area contributed by atoms with Gasteiger partial charge in [0.15, 0.2) is 0 Å². The summed E-state index contributed by atoms with van der Waals surface area (Å²) in [5.74, 6) is 0.349. The van der Waals surface area contributed by atoms with Crippen LogP contribution in [-0.2, 0) is 4.79 Å². The zero-order chi connectivity index (χ0) is 14.8. The van der Waals surface area contributed by atoms with Gasteiger partial charge in [-0.3, -0.25) is 9.59 Å². The SMILES string of the molecule is CC(=O)Nc1cccc(NC(=O)c2sccc2C2CC2)c1. The molecule has 1 aliphatic carbocycles. The molecule has 3 rings (SSSR count).